The molecule has 2 aromatic rings. The van der Waals surface area contributed by atoms with Crippen molar-refractivity contribution >= 4 is 11.3 Å². The lowest BCUT2D eigenvalue weighted by molar-refractivity contribution is 0.697. The van der Waals surface area contributed by atoms with E-state index in [2.05, 4.69) is 34.7 Å². The van der Waals surface area contributed by atoms with Gasteiger partial charge in [0.15, 0.2) is 0 Å². The summed E-state index contributed by atoms with van der Waals surface area (Å²) < 4.78 is 0. The number of H-pyrrole nitrogens is 1. The quantitative estimate of drug-likeness (QED) is 0.796. The van der Waals surface area contributed by atoms with Crippen molar-refractivity contribution in [3.63, 3.8) is 0 Å². The molecule has 3 heteroatoms. The Morgan fingerprint density at radius 2 is 2.27 bits per heavy atom. The fourth-order valence-electron chi connectivity index (χ4n) is 1.63. The van der Waals surface area contributed by atoms with Crippen molar-refractivity contribution in [2.24, 2.45) is 0 Å². The van der Waals surface area contributed by atoms with E-state index >= 15 is 0 Å². The lowest BCUT2D eigenvalue weighted by Gasteiger charge is -2.03. The summed E-state index contributed by atoms with van der Waals surface area (Å²) >= 11 is 1.84. The van der Waals surface area contributed by atoms with Crippen LogP contribution in [0.1, 0.15) is 22.9 Å². The highest BCUT2D eigenvalue weighted by molar-refractivity contribution is 7.10. The average molecular weight is 220 g/mol. The van der Waals surface area contributed by atoms with Crippen LogP contribution >= 0.6 is 11.3 Å². The Morgan fingerprint density at radius 1 is 1.33 bits per heavy atom. The number of aromatic amines is 1. The molecule has 2 rings (SSSR count). The first-order chi connectivity index (χ1) is 7.40. The molecule has 2 N–H and O–H groups in total. The molecule has 0 radical (unpaired) electrons. The largest absolute Gasteiger partial charge is 0.367 e. The third-order valence-corrected chi connectivity index (χ3v) is 3.46. The first-order valence-corrected chi connectivity index (χ1v) is 6.15. The second-order valence-corrected chi connectivity index (χ2v) is 4.55. The van der Waals surface area contributed by atoms with Gasteiger partial charge in [0, 0.05) is 30.4 Å². The maximum absolute atomic E-state index is 3.46. The standard InChI is InChI=1S/C12H16N2S/c1-2-11-4-6-15-12(11)9-14-8-10-3-5-13-7-10/h3-7,13-14H,2,8-9H2,1H3. The minimum absolute atomic E-state index is 0.935. The molecule has 0 amide bonds. The van der Waals surface area contributed by atoms with E-state index < -0.39 is 0 Å². The van der Waals surface area contributed by atoms with Crippen LogP contribution in [0.25, 0.3) is 0 Å². The molecule has 0 atom stereocenters. The van der Waals surface area contributed by atoms with Crippen molar-refractivity contribution in [3.05, 3.63) is 45.9 Å². The fraction of sp³-hybridized carbons (Fsp3) is 0.333. The summed E-state index contributed by atoms with van der Waals surface area (Å²) in [5, 5.41) is 5.63. The van der Waals surface area contributed by atoms with Crippen molar-refractivity contribution in [2.75, 3.05) is 0 Å². The zero-order chi connectivity index (χ0) is 10.5. The summed E-state index contributed by atoms with van der Waals surface area (Å²) in [4.78, 5) is 4.52. The number of hydrogen-bond acceptors (Lipinski definition) is 2. The number of aryl methyl sites for hydroxylation is 1. The summed E-state index contributed by atoms with van der Waals surface area (Å²) in [5.41, 5.74) is 2.78. The van der Waals surface area contributed by atoms with Crippen LogP contribution in [-0.2, 0) is 19.5 Å². The van der Waals surface area contributed by atoms with Crippen molar-refractivity contribution in [3.8, 4) is 0 Å². The Hall–Kier alpha value is -1.06. The van der Waals surface area contributed by atoms with Gasteiger partial charge < -0.3 is 10.3 Å². The molecule has 0 unspecified atom stereocenters. The molecule has 0 spiro atoms. The molecule has 0 aromatic carbocycles. The molecule has 0 aliphatic heterocycles. The van der Waals surface area contributed by atoms with E-state index in [1.54, 1.807) is 0 Å². The summed E-state index contributed by atoms with van der Waals surface area (Å²) in [7, 11) is 0. The van der Waals surface area contributed by atoms with Crippen molar-refractivity contribution in [1.29, 1.82) is 0 Å². The first-order valence-electron chi connectivity index (χ1n) is 5.27. The van der Waals surface area contributed by atoms with E-state index in [4.69, 9.17) is 0 Å². The Morgan fingerprint density at radius 3 is 3.00 bits per heavy atom. The normalized spacial score (nSPS) is 10.7. The topological polar surface area (TPSA) is 27.8 Å². The number of nitrogens with one attached hydrogen (secondary N) is 2. The van der Waals surface area contributed by atoms with E-state index in [1.807, 2.05) is 23.7 Å². The SMILES string of the molecule is CCc1ccsc1CNCc1cc[nH]c1. The molecule has 2 nitrogen and oxygen atoms in total. The summed E-state index contributed by atoms with van der Waals surface area (Å²) in [6.45, 7) is 4.12. The Bertz CT molecular complexity index is 389. The fourth-order valence-corrected chi connectivity index (χ4v) is 2.57. The van der Waals surface area contributed by atoms with Gasteiger partial charge in [-0.1, -0.05) is 6.92 Å². The van der Waals surface area contributed by atoms with Crippen LogP contribution in [0.3, 0.4) is 0 Å². The third-order valence-electron chi connectivity index (χ3n) is 2.50. The molecule has 2 heterocycles. The number of hydrogen-bond donors (Lipinski definition) is 2. The minimum Gasteiger partial charge on any atom is -0.367 e. The van der Waals surface area contributed by atoms with Crippen LogP contribution in [0.4, 0.5) is 0 Å². The lowest BCUT2D eigenvalue weighted by Crippen LogP contribution is -2.12. The molecular formula is C12H16N2S. The third kappa shape index (κ3) is 2.70. The van der Waals surface area contributed by atoms with Gasteiger partial charge in [-0.3, -0.25) is 0 Å². The highest BCUT2D eigenvalue weighted by Crippen LogP contribution is 2.16. The van der Waals surface area contributed by atoms with Gasteiger partial charge in [-0.25, -0.2) is 0 Å². The van der Waals surface area contributed by atoms with Gasteiger partial charge in [-0.05, 0) is 35.1 Å². The molecule has 0 fully saturated rings. The van der Waals surface area contributed by atoms with Crippen LogP contribution in [0, 0.1) is 0 Å². The molecule has 0 aliphatic carbocycles. The summed E-state index contributed by atoms with van der Waals surface area (Å²) in [6.07, 6.45) is 5.12. The van der Waals surface area contributed by atoms with Gasteiger partial charge >= 0.3 is 0 Å². The molecule has 80 valence electrons. The molecule has 15 heavy (non-hydrogen) atoms. The molecule has 0 saturated carbocycles. The second-order valence-electron chi connectivity index (χ2n) is 3.55. The second kappa shape index (κ2) is 5.14. The van der Waals surface area contributed by atoms with E-state index in [0.717, 1.165) is 19.5 Å². The first kappa shape index (κ1) is 10.5. The van der Waals surface area contributed by atoms with Gasteiger partial charge in [0.2, 0.25) is 0 Å². The molecule has 2 aromatic heterocycles. The molecule has 0 aliphatic rings. The lowest BCUT2D eigenvalue weighted by atomic mass is 10.2. The minimum atomic E-state index is 0.935. The highest BCUT2D eigenvalue weighted by atomic mass is 32.1. The van der Waals surface area contributed by atoms with Gasteiger partial charge in [0.25, 0.3) is 0 Å². The predicted molar refractivity (Wildman–Crippen MR) is 65.0 cm³/mol. The van der Waals surface area contributed by atoms with Crippen molar-refractivity contribution in [1.82, 2.24) is 10.3 Å². The predicted octanol–water partition coefficient (Wildman–Crippen LogP) is 2.93. The molecule has 0 bridgehead atoms. The Kier molecular flexibility index (Phi) is 3.59. The maximum Gasteiger partial charge on any atom is 0.0305 e. The summed E-state index contributed by atoms with van der Waals surface area (Å²) in [5.74, 6) is 0. The van der Waals surface area contributed by atoms with Gasteiger partial charge in [-0.2, -0.15) is 0 Å². The number of rotatable bonds is 5. The van der Waals surface area contributed by atoms with Crippen molar-refractivity contribution in [2.45, 2.75) is 26.4 Å². The Labute approximate surface area is 94.3 Å². The van der Waals surface area contributed by atoms with Crippen LogP contribution in [0.5, 0.6) is 0 Å². The zero-order valence-corrected chi connectivity index (χ0v) is 9.73. The average Bonchev–Trinajstić information content (AvgIpc) is 2.88. The van der Waals surface area contributed by atoms with Crippen LogP contribution < -0.4 is 5.32 Å². The zero-order valence-electron chi connectivity index (χ0n) is 8.92. The van der Waals surface area contributed by atoms with Gasteiger partial charge in [-0.15, -0.1) is 11.3 Å². The van der Waals surface area contributed by atoms with Crippen LogP contribution in [0.2, 0.25) is 0 Å². The van der Waals surface area contributed by atoms with E-state index in [0.29, 0.717) is 0 Å². The Balaban J connectivity index is 1.83. The maximum atomic E-state index is 3.46. The van der Waals surface area contributed by atoms with Crippen LogP contribution in [-0.4, -0.2) is 4.98 Å². The number of thiophene rings is 1. The monoisotopic (exact) mass is 220 g/mol. The van der Waals surface area contributed by atoms with E-state index in [1.165, 1.54) is 16.0 Å². The van der Waals surface area contributed by atoms with Gasteiger partial charge in [0.05, 0.1) is 0 Å². The highest BCUT2D eigenvalue weighted by Gasteiger charge is 2.01. The van der Waals surface area contributed by atoms with E-state index in [-0.39, 0.29) is 0 Å². The van der Waals surface area contributed by atoms with Gasteiger partial charge in [0.1, 0.15) is 0 Å². The van der Waals surface area contributed by atoms with Crippen molar-refractivity contribution < 1.29 is 0 Å². The van der Waals surface area contributed by atoms with Crippen LogP contribution in [0.15, 0.2) is 29.9 Å². The number of aromatic nitrogens is 1. The van der Waals surface area contributed by atoms with E-state index in [9.17, 15) is 0 Å². The molecule has 0 saturated heterocycles. The molecular weight excluding hydrogens is 204 g/mol. The smallest absolute Gasteiger partial charge is 0.0305 e. The summed E-state index contributed by atoms with van der Waals surface area (Å²) in [6, 6.07) is 4.32.